The van der Waals surface area contributed by atoms with Crippen molar-refractivity contribution >= 4 is 40.3 Å². The first kappa shape index (κ1) is 18.7. The van der Waals surface area contributed by atoms with Crippen molar-refractivity contribution in [2.45, 2.75) is 9.10 Å². The summed E-state index contributed by atoms with van der Waals surface area (Å²) in [6.07, 6.45) is 0. The molecule has 0 aliphatic carbocycles. The molecule has 0 bridgehead atoms. The molecule has 0 fully saturated rings. The van der Waals surface area contributed by atoms with Crippen LogP contribution in [0.3, 0.4) is 0 Å². The number of thiazole rings is 1. The van der Waals surface area contributed by atoms with E-state index in [1.54, 1.807) is 30.2 Å². The zero-order valence-electron chi connectivity index (χ0n) is 15.0. The van der Waals surface area contributed by atoms with Crippen LogP contribution in [0, 0.1) is 5.41 Å². The van der Waals surface area contributed by atoms with Crippen LogP contribution in [0.25, 0.3) is 21.8 Å². The van der Waals surface area contributed by atoms with Crippen molar-refractivity contribution in [3.05, 3.63) is 70.9 Å². The molecule has 4 rings (SSSR count). The predicted molar refractivity (Wildman–Crippen MR) is 119 cm³/mol. The second kappa shape index (κ2) is 8.18. The molecule has 0 radical (unpaired) electrons. The smallest absolute Gasteiger partial charge is 0.133 e. The Balaban J connectivity index is 1.70. The number of nitrogens with zero attached hydrogens (tertiary/aromatic N) is 1. The fourth-order valence-corrected chi connectivity index (χ4v) is 5.83. The van der Waals surface area contributed by atoms with Crippen LogP contribution in [0.1, 0.15) is 4.88 Å². The van der Waals surface area contributed by atoms with E-state index in [1.165, 1.54) is 11.3 Å². The molecule has 0 saturated carbocycles. The van der Waals surface area contributed by atoms with Gasteiger partial charge in [0.15, 0.2) is 0 Å². The summed E-state index contributed by atoms with van der Waals surface area (Å²) in [4.78, 5) is 6.68. The third-order valence-electron chi connectivity index (χ3n) is 4.04. The molecule has 0 atom stereocenters. The Kier molecular flexibility index (Phi) is 5.47. The van der Waals surface area contributed by atoms with E-state index in [1.807, 2.05) is 48.5 Å². The van der Waals surface area contributed by atoms with Crippen LogP contribution < -0.4 is 10.5 Å². The van der Waals surface area contributed by atoms with E-state index < -0.39 is 0 Å². The van der Waals surface area contributed by atoms with E-state index in [0.29, 0.717) is 0 Å². The first-order chi connectivity index (χ1) is 13.6. The number of hydrogen-bond acceptors (Lipinski definition) is 6. The van der Waals surface area contributed by atoms with Crippen molar-refractivity contribution in [3.63, 3.8) is 0 Å². The molecule has 28 heavy (non-hydrogen) atoms. The molecule has 0 spiro atoms. The summed E-state index contributed by atoms with van der Waals surface area (Å²) in [6, 6.07) is 20.0. The maximum Gasteiger partial charge on any atom is 0.133 e. The Labute approximate surface area is 175 Å². The number of nitrogens with two attached hydrogens (primary N) is 1. The van der Waals surface area contributed by atoms with Gasteiger partial charge in [0.1, 0.15) is 16.6 Å². The number of benzene rings is 2. The molecule has 0 aliphatic rings. The Morgan fingerprint density at radius 1 is 1.11 bits per heavy atom. The van der Waals surface area contributed by atoms with Gasteiger partial charge >= 0.3 is 0 Å². The van der Waals surface area contributed by atoms with Gasteiger partial charge in [-0.2, -0.15) is 0 Å². The average molecular weight is 424 g/mol. The van der Waals surface area contributed by atoms with E-state index in [-0.39, 0.29) is 5.84 Å². The minimum atomic E-state index is 0.0765. The van der Waals surface area contributed by atoms with Crippen LogP contribution in [0.2, 0.25) is 0 Å². The normalized spacial score (nSPS) is 10.8. The largest absolute Gasteiger partial charge is 0.497 e. The number of nitrogen functional groups attached to an aromatic ring is 1. The maximum atomic E-state index is 7.83. The number of rotatable bonds is 6. The molecular weight excluding hydrogens is 406 g/mol. The molecule has 4 nitrogen and oxygen atoms in total. The average Bonchev–Trinajstić information content (AvgIpc) is 3.36. The SMILES string of the molecule is COc1ccc(Sc2sc(C(=N)N)cc2-c2nc(-c3ccccc3)cs2)cc1. The highest BCUT2D eigenvalue weighted by Gasteiger charge is 2.17. The molecule has 0 unspecified atom stereocenters. The molecule has 0 amide bonds. The maximum absolute atomic E-state index is 7.83. The molecule has 4 aromatic rings. The van der Waals surface area contributed by atoms with Crippen LogP contribution in [0.15, 0.2) is 75.1 Å². The lowest BCUT2D eigenvalue weighted by Crippen LogP contribution is -2.08. The van der Waals surface area contributed by atoms with Gasteiger partial charge in [0.25, 0.3) is 0 Å². The van der Waals surface area contributed by atoms with Crippen LogP contribution in [0.4, 0.5) is 0 Å². The molecule has 0 saturated heterocycles. The summed E-state index contributed by atoms with van der Waals surface area (Å²) in [7, 11) is 1.66. The van der Waals surface area contributed by atoms with Gasteiger partial charge in [-0.25, -0.2) is 4.98 Å². The fourth-order valence-electron chi connectivity index (χ4n) is 2.62. The van der Waals surface area contributed by atoms with Gasteiger partial charge < -0.3 is 10.5 Å². The van der Waals surface area contributed by atoms with E-state index in [0.717, 1.165) is 41.6 Å². The highest BCUT2D eigenvalue weighted by atomic mass is 32.2. The number of methoxy groups -OCH3 is 1. The van der Waals surface area contributed by atoms with Crippen molar-refractivity contribution in [1.82, 2.24) is 4.98 Å². The number of hydrogen-bond donors (Lipinski definition) is 2. The topological polar surface area (TPSA) is 72.0 Å². The van der Waals surface area contributed by atoms with Crippen molar-refractivity contribution in [2.75, 3.05) is 7.11 Å². The van der Waals surface area contributed by atoms with Crippen molar-refractivity contribution < 1.29 is 4.74 Å². The number of amidine groups is 1. The van der Waals surface area contributed by atoms with Gasteiger partial charge in [0, 0.05) is 21.4 Å². The monoisotopic (exact) mass is 423 g/mol. The lowest BCUT2D eigenvalue weighted by atomic mass is 10.2. The predicted octanol–water partition coefficient (Wildman–Crippen LogP) is 5.98. The lowest BCUT2D eigenvalue weighted by molar-refractivity contribution is 0.414. The highest BCUT2D eigenvalue weighted by molar-refractivity contribution is 8.01. The Morgan fingerprint density at radius 2 is 1.86 bits per heavy atom. The van der Waals surface area contributed by atoms with Crippen LogP contribution >= 0.6 is 34.4 Å². The van der Waals surface area contributed by atoms with Crippen molar-refractivity contribution in [3.8, 4) is 27.6 Å². The standard InChI is InChI=1S/C21H17N3OS3/c1-25-14-7-9-15(10-8-14)27-21-16(11-18(28-21)19(22)23)20-24-17(12-26-20)13-5-3-2-4-6-13/h2-12H,1H3,(H3,22,23). The summed E-state index contributed by atoms with van der Waals surface area (Å²) in [5.41, 5.74) is 8.82. The van der Waals surface area contributed by atoms with Gasteiger partial charge in [-0.15, -0.1) is 22.7 Å². The molecule has 3 N–H and O–H groups in total. The quantitative estimate of drug-likeness (QED) is 0.295. The van der Waals surface area contributed by atoms with Crippen molar-refractivity contribution in [2.24, 2.45) is 5.73 Å². The van der Waals surface area contributed by atoms with E-state index in [4.69, 9.17) is 20.9 Å². The number of thiophene rings is 1. The molecule has 2 aromatic heterocycles. The summed E-state index contributed by atoms with van der Waals surface area (Å²) >= 11 is 4.77. The first-order valence-corrected chi connectivity index (χ1v) is 11.0. The summed E-state index contributed by atoms with van der Waals surface area (Å²) < 4.78 is 6.31. The van der Waals surface area contributed by atoms with Crippen LogP contribution in [-0.2, 0) is 0 Å². The summed E-state index contributed by atoms with van der Waals surface area (Å²) in [5.74, 6) is 0.903. The molecule has 2 heterocycles. The van der Waals surface area contributed by atoms with E-state index >= 15 is 0 Å². The van der Waals surface area contributed by atoms with Gasteiger partial charge in [-0.1, -0.05) is 42.1 Å². The van der Waals surface area contributed by atoms with E-state index in [2.05, 4.69) is 17.5 Å². The first-order valence-electron chi connectivity index (χ1n) is 8.45. The molecule has 7 heteroatoms. The number of ether oxygens (including phenoxy) is 1. The minimum absolute atomic E-state index is 0.0765. The molecular formula is C21H17N3OS3. The zero-order valence-corrected chi connectivity index (χ0v) is 17.5. The Morgan fingerprint density at radius 3 is 2.54 bits per heavy atom. The van der Waals surface area contributed by atoms with Crippen LogP contribution in [-0.4, -0.2) is 17.9 Å². The lowest BCUT2D eigenvalue weighted by Gasteiger charge is -2.03. The molecule has 140 valence electrons. The van der Waals surface area contributed by atoms with Gasteiger partial charge in [0.2, 0.25) is 0 Å². The third kappa shape index (κ3) is 3.96. The molecule has 0 aliphatic heterocycles. The van der Waals surface area contributed by atoms with Gasteiger partial charge in [-0.3, -0.25) is 5.41 Å². The number of aromatic nitrogens is 1. The highest BCUT2D eigenvalue weighted by Crippen LogP contribution is 2.43. The van der Waals surface area contributed by atoms with E-state index in [9.17, 15) is 0 Å². The van der Waals surface area contributed by atoms with Crippen molar-refractivity contribution in [1.29, 1.82) is 5.41 Å². The minimum Gasteiger partial charge on any atom is -0.497 e. The Bertz CT molecular complexity index is 1100. The Hall–Kier alpha value is -2.61. The summed E-state index contributed by atoms with van der Waals surface area (Å²) in [6.45, 7) is 0. The molecule has 2 aromatic carbocycles. The third-order valence-corrected chi connectivity index (χ3v) is 7.29. The zero-order chi connectivity index (χ0) is 19.5. The second-order valence-electron chi connectivity index (χ2n) is 5.91. The van der Waals surface area contributed by atoms with Gasteiger partial charge in [0.05, 0.1) is 21.9 Å². The second-order valence-corrected chi connectivity index (χ2v) is 9.16. The number of nitrogens with one attached hydrogen (secondary N) is 1. The van der Waals surface area contributed by atoms with Gasteiger partial charge in [-0.05, 0) is 30.3 Å². The van der Waals surface area contributed by atoms with Crippen LogP contribution in [0.5, 0.6) is 5.75 Å². The summed E-state index contributed by atoms with van der Waals surface area (Å²) in [5, 5.41) is 10.8. The fraction of sp³-hybridized carbons (Fsp3) is 0.0476.